The van der Waals surface area contributed by atoms with Gasteiger partial charge >= 0.3 is 0 Å². The predicted octanol–water partition coefficient (Wildman–Crippen LogP) is 4.86. The Hall–Kier alpha value is -2.83. The third kappa shape index (κ3) is 3.04. The lowest BCUT2D eigenvalue weighted by Gasteiger charge is -2.16. The van der Waals surface area contributed by atoms with Crippen LogP contribution in [0, 0.1) is 6.92 Å². The Morgan fingerprint density at radius 3 is 2.50 bits per heavy atom. The van der Waals surface area contributed by atoms with E-state index >= 15 is 0 Å². The number of hydrogen-bond donors (Lipinski definition) is 1. The Balaban J connectivity index is 2.01. The van der Waals surface area contributed by atoms with E-state index in [0.717, 1.165) is 5.56 Å². The Morgan fingerprint density at radius 1 is 1.11 bits per heavy atom. The second-order valence-electron chi connectivity index (χ2n) is 6.53. The first kappa shape index (κ1) is 18.5. The summed E-state index contributed by atoms with van der Waals surface area (Å²) in [5.74, 6) is 0. The molecule has 0 saturated heterocycles. The fourth-order valence-corrected chi connectivity index (χ4v) is 3.45. The molecule has 4 rings (SSSR count). The van der Waals surface area contributed by atoms with Gasteiger partial charge in [-0.1, -0.05) is 40.5 Å². The summed E-state index contributed by atoms with van der Waals surface area (Å²) < 4.78 is 6.83. The molecule has 28 heavy (non-hydrogen) atoms. The van der Waals surface area contributed by atoms with Crippen LogP contribution in [0.5, 0.6) is 0 Å². The molecule has 8 heteroatoms. The molecule has 2 heterocycles. The van der Waals surface area contributed by atoms with E-state index in [4.69, 9.17) is 33.5 Å². The van der Waals surface area contributed by atoms with Crippen molar-refractivity contribution in [1.82, 2.24) is 14.9 Å². The molecule has 1 unspecified atom stereocenters. The number of fused-ring (bicyclic) bond motifs is 1. The maximum absolute atomic E-state index is 13.1. The number of anilines is 1. The quantitative estimate of drug-likeness (QED) is 0.483. The monoisotopic (exact) mass is 414 g/mol. The third-order valence-electron chi connectivity index (χ3n) is 4.70. The van der Waals surface area contributed by atoms with Crippen molar-refractivity contribution in [3.05, 3.63) is 74.1 Å². The summed E-state index contributed by atoms with van der Waals surface area (Å²) >= 11 is 12.1. The van der Waals surface area contributed by atoms with Crippen LogP contribution in [-0.4, -0.2) is 14.9 Å². The molecule has 0 aliphatic heterocycles. The molecule has 4 aromatic rings. The van der Waals surface area contributed by atoms with Crippen LogP contribution >= 0.6 is 23.2 Å². The average molecular weight is 415 g/mol. The molecular weight excluding hydrogens is 399 g/mol. The summed E-state index contributed by atoms with van der Waals surface area (Å²) in [6, 6.07) is 12.0. The summed E-state index contributed by atoms with van der Waals surface area (Å²) in [5.41, 5.74) is 8.98. The van der Waals surface area contributed by atoms with Gasteiger partial charge in [-0.05, 0) is 49.7 Å². The Morgan fingerprint density at radius 2 is 1.79 bits per heavy atom. The summed E-state index contributed by atoms with van der Waals surface area (Å²) in [7, 11) is 0. The summed E-state index contributed by atoms with van der Waals surface area (Å²) in [4.78, 5) is 13.1. The third-order valence-corrected chi connectivity index (χ3v) is 5.18. The van der Waals surface area contributed by atoms with Crippen molar-refractivity contribution in [2.24, 2.45) is 0 Å². The van der Waals surface area contributed by atoms with Gasteiger partial charge in [0, 0.05) is 21.3 Å². The maximum Gasteiger partial charge on any atom is 0.280 e. The van der Waals surface area contributed by atoms with Crippen molar-refractivity contribution in [3.63, 3.8) is 0 Å². The minimum atomic E-state index is -0.345. The van der Waals surface area contributed by atoms with Gasteiger partial charge in [-0.3, -0.25) is 4.79 Å². The molecule has 0 amide bonds. The van der Waals surface area contributed by atoms with E-state index in [-0.39, 0.29) is 17.2 Å². The number of nitrogens with two attached hydrogens (primary N) is 1. The molecule has 6 nitrogen and oxygen atoms in total. The van der Waals surface area contributed by atoms with Crippen LogP contribution in [0.25, 0.3) is 22.2 Å². The molecule has 0 fully saturated rings. The van der Waals surface area contributed by atoms with Crippen molar-refractivity contribution >= 4 is 39.9 Å². The van der Waals surface area contributed by atoms with E-state index in [9.17, 15) is 4.79 Å². The van der Waals surface area contributed by atoms with Gasteiger partial charge in [-0.2, -0.15) is 5.10 Å². The van der Waals surface area contributed by atoms with Crippen molar-refractivity contribution in [3.8, 4) is 11.3 Å². The Labute approximate surface area is 170 Å². The number of rotatable bonds is 3. The van der Waals surface area contributed by atoms with E-state index in [0.29, 0.717) is 38.1 Å². The van der Waals surface area contributed by atoms with Gasteiger partial charge in [0.05, 0.1) is 11.7 Å². The molecule has 2 aromatic heterocycles. The molecule has 0 spiro atoms. The van der Waals surface area contributed by atoms with Gasteiger partial charge in [0.15, 0.2) is 0 Å². The van der Waals surface area contributed by atoms with E-state index in [1.807, 2.05) is 19.1 Å². The molecule has 0 saturated carbocycles. The molecule has 142 valence electrons. The molecule has 1 atom stereocenters. The Kier molecular flexibility index (Phi) is 4.61. The Bertz CT molecular complexity index is 1250. The number of halogens is 2. The number of nitrogens with zero attached hydrogens (tertiary/aromatic N) is 3. The molecule has 2 aromatic carbocycles. The van der Waals surface area contributed by atoms with Crippen molar-refractivity contribution < 1.29 is 4.52 Å². The molecule has 0 aliphatic carbocycles. The first-order chi connectivity index (χ1) is 13.4. The van der Waals surface area contributed by atoms with Gasteiger partial charge in [-0.15, -0.1) is 0 Å². The van der Waals surface area contributed by atoms with E-state index in [1.165, 1.54) is 4.68 Å². The number of hydrogen-bond acceptors (Lipinski definition) is 5. The average Bonchev–Trinajstić information content (AvgIpc) is 3.07. The van der Waals surface area contributed by atoms with E-state index in [2.05, 4.69) is 10.3 Å². The maximum atomic E-state index is 13.1. The van der Waals surface area contributed by atoms with Crippen molar-refractivity contribution in [2.45, 2.75) is 19.9 Å². The lowest BCUT2D eigenvalue weighted by atomic mass is 10.1. The van der Waals surface area contributed by atoms with E-state index < -0.39 is 0 Å². The van der Waals surface area contributed by atoms with Gasteiger partial charge in [0.2, 0.25) is 5.58 Å². The van der Waals surface area contributed by atoms with Crippen LogP contribution in [0.4, 0.5) is 5.69 Å². The minimum absolute atomic E-state index is 0.288. The highest BCUT2D eigenvalue weighted by atomic mass is 35.5. The lowest BCUT2D eigenvalue weighted by molar-refractivity contribution is 0.448. The van der Waals surface area contributed by atoms with Crippen molar-refractivity contribution in [2.75, 3.05) is 5.73 Å². The zero-order valence-electron chi connectivity index (χ0n) is 15.1. The fourth-order valence-electron chi connectivity index (χ4n) is 3.15. The van der Waals surface area contributed by atoms with Gasteiger partial charge < -0.3 is 10.3 Å². The molecule has 0 radical (unpaired) electrons. The topological polar surface area (TPSA) is 86.9 Å². The highest BCUT2D eigenvalue weighted by molar-refractivity contribution is 6.31. The van der Waals surface area contributed by atoms with Crippen LogP contribution in [0.3, 0.4) is 0 Å². The van der Waals surface area contributed by atoms with E-state index in [1.54, 1.807) is 37.3 Å². The van der Waals surface area contributed by atoms with Gasteiger partial charge in [-0.25, -0.2) is 4.68 Å². The minimum Gasteiger partial charge on any atom is -0.398 e. The molecular formula is C20H16Cl2N4O2. The second kappa shape index (κ2) is 6.96. The molecule has 0 bridgehead atoms. The van der Waals surface area contributed by atoms with Crippen LogP contribution in [0.2, 0.25) is 10.0 Å². The van der Waals surface area contributed by atoms with Crippen LogP contribution in [-0.2, 0) is 0 Å². The predicted molar refractivity (Wildman–Crippen MR) is 111 cm³/mol. The van der Waals surface area contributed by atoms with Crippen LogP contribution < -0.4 is 11.3 Å². The number of benzene rings is 2. The summed E-state index contributed by atoms with van der Waals surface area (Å²) in [6.07, 6.45) is 0. The highest BCUT2D eigenvalue weighted by Gasteiger charge is 2.23. The van der Waals surface area contributed by atoms with Gasteiger partial charge in [0.25, 0.3) is 5.56 Å². The number of aryl methyl sites for hydroxylation is 1. The van der Waals surface area contributed by atoms with Gasteiger partial charge in [0.1, 0.15) is 11.1 Å². The smallest absolute Gasteiger partial charge is 0.280 e. The zero-order valence-corrected chi connectivity index (χ0v) is 16.6. The highest BCUT2D eigenvalue weighted by Crippen LogP contribution is 2.33. The summed E-state index contributed by atoms with van der Waals surface area (Å²) in [5, 5.41) is 10.0. The molecule has 2 N–H and O–H groups in total. The molecule has 0 aliphatic rings. The second-order valence-corrected chi connectivity index (χ2v) is 7.40. The normalized spacial score (nSPS) is 12.4. The lowest BCUT2D eigenvalue weighted by Crippen LogP contribution is -2.27. The van der Waals surface area contributed by atoms with Crippen LogP contribution in [0.15, 0.2) is 51.8 Å². The number of nitrogen functional groups attached to an aromatic ring is 1. The largest absolute Gasteiger partial charge is 0.398 e. The fraction of sp³-hybridized carbons (Fsp3) is 0.150. The summed E-state index contributed by atoms with van der Waals surface area (Å²) in [6.45, 7) is 3.60. The van der Waals surface area contributed by atoms with Crippen molar-refractivity contribution in [1.29, 1.82) is 0 Å². The van der Waals surface area contributed by atoms with Crippen LogP contribution in [0.1, 0.15) is 24.2 Å². The first-order valence-corrected chi connectivity index (χ1v) is 9.32. The zero-order chi connectivity index (χ0) is 20.0. The number of aromatic nitrogens is 3. The first-order valence-electron chi connectivity index (χ1n) is 8.56. The standard InChI is InChI=1S/C20H16Cl2N4O2/c1-10-17-19(28-25-10)18(15-9-14(22)7-8-16(15)23)24-26(20(17)27)11(2)12-3-5-13(21)6-4-12/h3-9,11H,23H2,1-2H3. The SMILES string of the molecule is Cc1noc2c(-c3cc(Cl)ccc3N)nn(C(C)c3ccc(Cl)cc3)c(=O)c12.